The van der Waals surface area contributed by atoms with Gasteiger partial charge < -0.3 is 10.2 Å². The molecule has 1 heterocycles. The van der Waals surface area contributed by atoms with Gasteiger partial charge in [0.15, 0.2) is 0 Å². The molecule has 3 nitrogen and oxygen atoms in total. The number of hydrogen-bond acceptors (Lipinski definition) is 2. The van der Waals surface area contributed by atoms with E-state index in [9.17, 15) is 4.79 Å². The summed E-state index contributed by atoms with van der Waals surface area (Å²) in [5, 5.41) is 5.56. The Kier molecular flexibility index (Phi) is 4.14. The van der Waals surface area contributed by atoms with Crippen LogP contribution in [0.2, 0.25) is 0 Å². The van der Waals surface area contributed by atoms with Gasteiger partial charge in [0.25, 0.3) is 0 Å². The summed E-state index contributed by atoms with van der Waals surface area (Å²) in [4.78, 5) is 14.7. The second kappa shape index (κ2) is 6.60. The van der Waals surface area contributed by atoms with E-state index in [0.29, 0.717) is 6.54 Å². The van der Waals surface area contributed by atoms with E-state index in [2.05, 4.69) is 58.7 Å². The van der Waals surface area contributed by atoms with Crippen LogP contribution < -0.4 is 10.2 Å². The number of para-hydroxylation sites is 1. The van der Waals surface area contributed by atoms with Gasteiger partial charge in [-0.15, -0.1) is 0 Å². The minimum absolute atomic E-state index is 0.00467. The number of anilines is 1. The Morgan fingerprint density at radius 2 is 1.80 bits per heavy atom. The molecule has 0 aromatic heterocycles. The predicted octanol–water partition coefficient (Wildman–Crippen LogP) is 4.08. The third kappa shape index (κ3) is 3.22. The molecule has 0 fully saturated rings. The Morgan fingerprint density at radius 3 is 2.68 bits per heavy atom. The van der Waals surface area contributed by atoms with Crippen molar-refractivity contribution in [2.24, 2.45) is 0 Å². The third-order valence-electron chi connectivity index (χ3n) is 4.97. The lowest BCUT2D eigenvalue weighted by molar-refractivity contribution is -0.120. The lowest BCUT2D eigenvalue weighted by atomic mass is 10.0. The monoisotopic (exact) mass is 330 g/mol. The van der Waals surface area contributed by atoms with Crippen LogP contribution in [0.15, 0.2) is 66.7 Å². The van der Waals surface area contributed by atoms with E-state index in [1.807, 2.05) is 25.1 Å². The van der Waals surface area contributed by atoms with Gasteiger partial charge in [-0.1, -0.05) is 54.6 Å². The van der Waals surface area contributed by atoms with Gasteiger partial charge >= 0.3 is 0 Å². The molecule has 3 aromatic rings. The van der Waals surface area contributed by atoms with Crippen LogP contribution in [0.25, 0.3) is 10.8 Å². The molecule has 1 N–H and O–H groups in total. The summed E-state index contributed by atoms with van der Waals surface area (Å²) < 4.78 is 0. The average Bonchev–Trinajstić information content (AvgIpc) is 3.04. The number of nitrogens with zero attached hydrogens (tertiary/aromatic N) is 1. The molecule has 0 unspecified atom stereocenters. The van der Waals surface area contributed by atoms with Gasteiger partial charge in [-0.2, -0.15) is 0 Å². The fraction of sp³-hybridized carbons (Fsp3) is 0.227. The molecule has 3 heteroatoms. The number of benzene rings is 3. The van der Waals surface area contributed by atoms with Crippen LogP contribution in [0, 0.1) is 0 Å². The molecule has 25 heavy (non-hydrogen) atoms. The van der Waals surface area contributed by atoms with Crippen LogP contribution in [0.1, 0.15) is 24.1 Å². The molecule has 3 aromatic carbocycles. The number of carbonyl (C=O) groups is 1. The number of fused-ring (bicyclic) bond motifs is 2. The highest BCUT2D eigenvalue weighted by molar-refractivity contribution is 5.84. The second-order valence-electron chi connectivity index (χ2n) is 6.70. The van der Waals surface area contributed by atoms with E-state index >= 15 is 0 Å². The molecule has 4 rings (SSSR count). The van der Waals surface area contributed by atoms with Crippen molar-refractivity contribution in [3.63, 3.8) is 0 Å². The lowest BCUT2D eigenvalue weighted by Gasteiger charge is -2.21. The molecule has 0 bridgehead atoms. The van der Waals surface area contributed by atoms with E-state index in [0.717, 1.165) is 18.5 Å². The molecule has 1 amide bonds. The van der Waals surface area contributed by atoms with Crippen LogP contribution in [0.3, 0.4) is 0 Å². The summed E-state index contributed by atoms with van der Waals surface area (Å²) in [5.74, 6) is 0.0670. The molecule has 1 atom stereocenters. The number of amides is 1. The number of nitrogens with one attached hydrogen (secondary N) is 1. The Hall–Kier alpha value is -2.81. The largest absolute Gasteiger partial charge is 0.362 e. The highest BCUT2D eigenvalue weighted by atomic mass is 16.2. The van der Waals surface area contributed by atoms with E-state index in [1.165, 1.54) is 22.0 Å². The molecule has 0 saturated carbocycles. The molecule has 0 saturated heterocycles. The quantitative estimate of drug-likeness (QED) is 0.782. The van der Waals surface area contributed by atoms with Gasteiger partial charge in [-0.25, -0.2) is 0 Å². The maximum atomic E-state index is 12.5. The summed E-state index contributed by atoms with van der Waals surface area (Å²) in [7, 11) is 0. The van der Waals surface area contributed by atoms with Gasteiger partial charge in [0.2, 0.25) is 5.91 Å². The average molecular weight is 330 g/mol. The molecule has 126 valence electrons. The molecule has 0 radical (unpaired) electrons. The molecule has 1 aliphatic heterocycles. The first-order valence-electron chi connectivity index (χ1n) is 8.81. The minimum Gasteiger partial charge on any atom is -0.362 e. The van der Waals surface area contributed by atoms with Gasteiger partial charge in [-0.05, 0) is 47.4 Å². The first kappa shape index (κ1) is 15.7. The molecule has 0 aliphatic carbocycles. The molecule has 1 aliphatic rings. The number of hydrogen-bond donors (Lipinski definition) is 1. The lowest BCUT2D eigenvalue weighted by Crippen LogP contribution is -2.37. The van der Waals surface area contributed by atoms with E-state index in [4.69, 9.17) is 0 Å². The summed E-state index contributed by atoms with van der Waals surface area (Å²) in [6.07, 6.45) is 1.02. The van der Waals surface area contributed by atoms with Crippen molar-refractivity contribution in [1.29, 1.82) is 0 Å². The molecular weight excluding hydrogens is 308 g/mol. The maximum absolute atomic E-state index is 12.5. The zero-order valence-corrected chi connectivity index (χ0v) is 14.4. The van der Waals surface area contributed by atoms with E-state index in [-0.39, 0.29) is 11.9 Å². The molecular formula is C22H22N2O. The van der Waals surface area contributed by atoms with Crippen LogP contribution in [0.5, 0.6) is 0 Å². The fourth-order valence-electron chi connectivity index (χ4n) is 3.59. The Balaban J connectivity index is 1.43. The first-order valence-corrected chi connectivity index (χ1v) is 8.81. The predicted molar refractivity (Wildman–Crippen MR) is 103 cm³/mol. The highest BCUT2D eigenvalue weighted by Gasteiger charge is 2.21. The van der Waals surface area contributed by atoms with Crippen molar-refractivity contribution in [3.05, 3.63) is 77.9 Å². The van der Waals surface area contributed by atoms with Crippen molar-refractivity contribution < 1.29 is 4.79 Å². The standard InChI is InChI=1S/C22H22N2O/c1-16(19-11-10-17-6-2-3-8-20(17)14-19)23-22(25)15-24-13-12-18-7-4-5-9-21(18)24/h2-11,14,16H,12-13,15H2,1H3,(H,23,25)/t16-/m0/s1. The first-order chi connectivity index (χ1) is 12.2. The fourth-order valence-corrected chi connectivity index (χ4v) is 3.59. The van der Waals surface area contributed by atoms with Crippen molar-refractivity contribution >= 4 is 22.4 Å². The summed E-state index contributed by atoms with van der Waals surface area (Å²) in [5.41, 5.74) is 3.66. The van der Waals surface area contributed by atoms with Gasteiger partial charge in [-0.3, -0.25) is 4.79 Å². The zero-order valence-electron chi connectivity index (χ0n) is 14.4. The Bertz CT molecular complexity index is 919. The van der Waals surface area contributed by atoms with E-state index in [1.54, 1.807) is 0 Å². The van der Waals surface area contributed by atoms with Crippen LogP contribution >= 0.6 is 0 Å². The second-order valence-corrected chi connectivity index (χ2v) is 6.70. The van der Waals surface area contributed by atoms with Crippen LogP contribution in [0.4, 0.5) is 5.69 Å². The van der Waals surface area contributed by atoms with Gasteiger partial charge in [0, 0.05) is 12.2 Å². The number of rotatable bonds is 4. The highest BCUT2D eigenvalue weighted by Crippen LogP contribution is 2.27. The summed E-state index contributed by atoms with van der Waals surface area (Å²) in [6, 6.07) is 23.0. The van der Waals surface area contributed by atoms with Crippen molar-refractivity contribution in [2.45, 2.75) is 19.4 Å². The summed E-state index contributed by atoms with van der Waals surface area (Å²) >= 11 is 0. The normalized spacial score (nSPS) is 14.4. The minimum atomic E-state index is -0.00467. The topological polar surface area (TPSA) is 32.3 Å². The third-order valence-corrected chi connectivity index (χ3v) is 4.97. The zero-order chi connectivity index (χ0) is 17.2. The van der Waals surface area contributed by atoms with Gasteiger partial charge in [0.05, 0.1) is 12.6 Å². The number of carbonyl (C=O) groups excluding carboxylic acids is 1. The van der Waals surface area contributed by atoms with Crippen LogP contribution in [-0.4, -0.2) is 19.0 Å². The molecule has 0 spiro atoms. The van der Waals surface area contributed by atoms with Crippen molar-refractivity contribution in [3.8, 4) is 0 Å². The van der Waals surface area contributed by atoms with Crippen molar-refractivity contribution in [2.75, 3.05) is 18.0 Å². The Morgan fingerprint density at radius 1 is 1.04 bits per heavy atom. The van der Waals surface area contributed by atoms with Crippen LogP contribution in [-0.2, 0) is 11.2 Å². The SMILES string of the molecule is C[C@H](NC(=O)CN1CCc2ccccc21)c1ccc2ccccc2c1. The van der Waals surface area contributed by atoms with Crippen molar-refractivity contribution in [1.82, 2.24) is 5.32 Å². The Labute approximate surface area is 148 Å². The summed E-state index contributed by atoms with van der Waals surface area (Å²) in [6.45, 7) is 3.37. The van der Waals surface area contributed by atoms with Gasteiger partial charge in [0.1, 0.15) is 0 Å². The smallest absolute Gasteiger partial charge is 0.239 e. The maximum Gasteiger partial charge on any atom is 0.239 e. The van der Waals surface area contributed by atoms with E-state index < -0.39 is 0 Å².